The first-order chi connectivity index (χ1) is 7.02. The predicted octanol–water partition coefficient (Wildman–Crippen LogP) is 4.41. The Hall–Kier alpha value is -0.0500. The van der Waals surface area contributed by atoms with Gasteiger partial charge in [0.1, 0.15) is 0 Å². The first kappa shape index (κ1) is 13.0. The second-order valence-corrected chi connectivity index (χ2v) is 5.53. The SMILES string of the molecule is CNC(CC(C)C)c1cc(Cl)cc(Br)c1. The molecule has 1 N–H and O–H groups in total. The predicted molar refractivity (Wildman–Crippen MR) is 70.4 cm³/mol. The van der Waals surface area contributed by atoms with Crippen molar-refractivity contribution in [1.82, 2.24) is 5.32 Å². The molecule has 1 aromatic carbocycles. The van der Waals surface area contributed by atoms with E-state index in [1.54, 1.807) is 0 Å². The van der Waals surface area contributed by atoms with Crippen LogP contribution in [0.4, 0.5) is 0 Å². The molecule has 0 fully saturated rings. The fourth-order valence-corrected chi connectivity index (χ4v) is 2.55. The Morgan fingerprint density at radius 2 is 2.00 bits per heavy atom. The van der Waals surface area contributed by atoms with Gasteiger partial charge in [0.15, 0.2) is 0 Å². The van der Waals surface area contributed by atoms with E-state index in [0.717, 1.165) is 15.9 Å². The number of rotatable bonds is 4. The summed E-state index contributed by atoms with van der Waals surface area (Å²) in [5.74, 6) is 0.667. The summed E-state index contributed by atoms with van der Waals surface area (Å²) in [7, 11) is 1.99. The van der Waals surface area contributed by atoms with Gasteiger partial charge in [-0.2, -0.15) is 0 Å². The minimum Gasteiger partial charge on any atom is -0.313 e. The van der Waals surface area contributed by atoms with Crippen molar-refractivity contribution in [3.8, 4) is 0 Å². The van der Waals surface area contributed by atoms with Crippen LogP contribution in [0.3, 0.4) is 0 Å². The highest BCUT2D eigenvalue weighted by Crippen LogP contribution is 2.27. The average molecular weight is 291 g/mol. The highest BCUT2D eigenvalue weighted by atomic mass is 79.9. The molecule has 1 aromatic rings. The van der Waals surface area contributed by atoms with Gasteiger partial charge < -0.3 is 5.32 Å². The maximum Gasteiger partial charge on any atom is 0.0420 e. The smallest absolute Gasteiger partial charge is 0.0420 e. The Kier molecular flexibility index (Phi) is 5.10. The van der Waals surface area contributed by atoms with Crippen LogP contribution in [0.5, 0.6) is 0 Å². The third-order valence-electron chi connectivity index (χ3n) is 2.34. The Bertz CT molecular complexity index is 305. The van der Waals surface area contributed by atoms with Gasteiger partial charge in [0.05, 0.1) is 0 Å². The van der Waals surface area contributed by atoms with Crippen LogP contribution < -0.4 is 5.32 Å². The molecule has 0 aromatic heterocycles. The minimum atomic E-state index is 0.375. The van der Waals surface area contributed by atoms with Crippen LogP contribution in [0, 0.1) is 5.92 Å². The van der Waals surface area contributed by atoms with E-state index in [-0.39, 0.29) is 0 Å². The highest BCUT2D eigenvalue weighted by Gasteiger charge is 2.12. The summed E-state index contributed by atoms with van der Waals surface area (Å²) in [6.45, 7) is 4.45. The van der Waals surface area contributed by atoms with E-state index < -0.39 is 0 Å². The van der Waals surface area contributed by atoms with E-state index in [1.165, 1.54) is 5.56 Å². The zero-order valence-corrected chi connectivity index (χ0v) is 11.7. The molecule has 0 heterocycles. The summed E-state index contributed by atoms with van der Waals surface area (Å²) in [6, 6.07) is 6.43. The van der Waals surface area contributed by atoms with Gasteiger partial charge in [0.25, 0.3) is 0 Å². The van der Waals surface area contributed by atoms with Crippen molar-refractivity contribution in [2.45, 2.75) is 26.3 Å². The molecule has 0 aliphatic rings. The maximum absolute atomic E-state index is 6.03. The topological polar surface area (TPSA) is 12.0 Å². The Morgan fingerprint density at radius 1 is 1.33 bits per heavy atom. The summed E-state index contributed by atoms with van der Waals surface area (Å²) in [4.78, 5) is 0. The van der Waals surface area contributed by atoms with Gasteiger partial charge in [-0.1, -0.05) is 41.4 Å². The molecule has 0 spiro atoms. The molecule has 0 saturated heterocycles. The van der Waals surface area contributed by atoms with Crippen molar-refractivity contribution in [2.75, 3.05) is 7.05 Å². The molecule has 84 valence electrons. The number of hydrogen-bond donors (Lipinski definition) is 1. The second kappa shape index (κ2) is 5.88. The molecule has 1 unspecified atom stereocenters. The van der Waals surface area contributed by atoms with Crippen LogP contribution in [0.15, 0.2) is 22.7 Å². The molecule has 3 heteroatoms. The standard InChI is InChI=1S/C12H17BrClN/c1-8(2)4-12(15-3)9-5-10(13)7-11(14)6-9/h5-8,12,15H,4H2,1-3H3. The lowest BCUT2D eigenvalue weighted by Crippen LogP contribution is -2.18. The quantitative estimate of drug-likeness (QED) is 0.866. The molecule has 1 rings (SSSR count). The summed E-state index contributed by atoms with van der Waals surface area (Å²) in [5.41, 5.74) is 1.24. The van der Waals surface area contributed by atoms with Gasteiger partial charge in [-0.05, 0) is 43.1 Å². The summed E-state index contributed by atoms with van der Waals surface area (Å²) in [5, 5.41) is 4.11. The number of halogens is 2. The molecule has 15 heavy (non-hydrogen) atoms. The second-order valence-electron chi connectivity index (χ2n) is 4.17. The maximum atomic E-state index is 6.03. The van der Waals surface area contributed by atoms with E-state index in [0.29, 0.717) is 12.0 Å². The molecule has 0 saturated carbocycles. The van der Waals surface area contributed by atoms with Gasteiger partial charge in [-0.15, -0.1) is 0 Å². The lowest BCUT2D eigenvalue weighted by Gasteiger charge is -2.19. The summed E-state index contributed by atoms with van der Waals surface area (Å²) in [6.07, 6.45) is 1.11. The molecule has 0 aliphatic heterocycles. The monoisotopic (exact) mass is 289 g/mol. The lowest BCUT2D eigenvalue weighted by molar-refractivity contribution is 0.456. The first-order valence-corrected chi connectivity index (χ1v) is 6.33. The van der Waals surface area contributed by atoms with Crippen LogP contribution in [0.1, 0.15) is 31.9 Å². The first-order valence-electron chi connectivity index (χ1n) is 5.16. The Labute approximate surface area is 105 Å². The lowest BCUT2D eigenvalue weighted by atomic mass is 9.97. The fourth-order valence-electron chi connectivity index (χ4n) is 1.67. The number of benzene rings is 1. The third kappa shape index (κ3) is 4.13. The molecule has 0 bridgehead atoms. The fraction of sp³-hybridized carbons (Fsp3) is 0.500. The van der Waals surface area contributed by atoms with Crippen molar-refractivity contribution in [2.24, 2.45) is 5.92 Å². The molecule has 0 radical (unpaired) electrons. The van der Waals surface area contributed by atoms with Gasteiger partial charge >= 0.3 is 0 Å². The molecular weight excluding hydrogens is 273 g/mol. The van der Waals surface area contributed by atoms with Gasteiger partial charge in [-0.25, -0.2) is 0 Å². The average Bonchev–Trinajstić information content (AvgIpc) is 2.12. The number of nitrogens with one attached hydrogen (secondary N) is 1. The van der Waals surface area contributed by atoms with Crippen LogP contribution >= 0.6 is 27.5 Å². The van der Waals surface area contributed by atoms with Crippen molar-refractivity contribution < 1.29 is 0 Å². The van der Waals surface area contributed by atoms with Crippen molar-refractivity contribution in [3.63, 3.8) is 0 Å². The minimum absolute atomic E-state index is 0.375. The van der Waals surface area contributed by atoms with E-state index in [1.807, 2.05) is 19.2 Å². The molecular formula is C12H17BrClN. The molecule has 0 amide bonds. The van der Waals surface area contributed by atoms with E-state index in [2.05, 4.69) is 41.2 Å². The molecule has 1 nitrogen and oxygen atoms in total. The van der Waals surface area contributed by atoms with Crippen LogP contribution in [-0.2, 0) is 0 Å². The van der Waals surface area contributed by atoms with Crippen molar-refractivity contribution >= 4 is 27.5 Å². The Morgan fingerprint density at radius 3 is 2.47 bits per heavy atom. The van der Waals surface area contributed by atoms with E-state index in [4.69, 9.17) is 11.6 Å². The molecule has 0 aliphatic carbocycles. The van der Waals surface area contributed by atoms with Gasteiger partial charge in [0, 0.05) is 15.5 Å². The van der Waals surface area contributed by atoms with Crippen LogP contribution in [-0.4, -0.2) is 7.05 Å². The largest absolute Gasteiger partial charge is 0.313 e. The van der Waals surface area contributed by atoms with Crippen LogP contribution in [0.25, 0.3) is 0 Å². The third-order valence-corrected chi connectivity index (χ3v) is 3.02. The zero-order valence-electron chi connectivity index (χ0n) is 9.35. The van der Waals surface area contributed by atoms with Crippen LogP contribution in [0.2, 0.25) is 5.02 Å². The Balaban J connectivity index is 2.91. The van der Waals surface area contributed by atoms with Crippen molar-refractivity contribution in [3.05, 3.63) is 33.3 Å². The van der Waals surface area contributed by atoms with Gasteiger partial charge in [0.2, 0.25) is 0 Å². The van der Waals surface area contributed by atoms with Gasteiger partial charge in [-0.3, -0.25) is 0 Å². The van der Waals surface area contributed by atoms with E-state index in [9.17, 15) is 0 Å². The summed E-state index contributed by atoms with van der Waals surface area (Å²) < 4.78 is 1.04. The normalized spacial score (nSPS) is 13.2. The number of hydrogen-bond acceptors (Lipinski definition) is 1. The summed E-state index contributed by atoms with van der Waals surface area (Å²) >= 11 is 9.49. The zero-order chi connectivity index (χ0) is 11.4. The highest BCUT2D eigenvalue weighted by molar-refractivity contribution is 9.10. The van der Waals surface area contributed by atoms with E-state index >= 15 is 0 Å². The molecule has 1 atom stereocenters. The van der Waals surface area contributed by atoms with Crippen molar-refractivity contribution in [1.29, 1.82) is 0 Å².